The average molecular weight is 281 g/mol. The highest BCUT2D eigenvalue weighted by Crippen LogP contribution is 2.36. The molecule has 0 amide bonds. The highest BCUT2D eigenvalue weighted by molar-refractivity contribution is 5.67. The summed E-state index contributed by atoms with van der Waals surface area (Å²) < 4.78 is 0. The van der Waals surface area contributed by atoms with Crippen LogP contribution in [0.5, 0.6) is 0 Å². The molecule has 3 heterocycles. The van der Waals surface area contributed by atoms with Crippen LogP contribution in [0.15, 0.2) is 30.5 Å². The molecule has 1 atom stereocenters. The zero-order valence-corrected chi connectivity index (χ0v) is 12.2. The van der Waals surface area contributed by atoms with E-state index in [0.29, 0.717) is 6.04 Å². The van der Waals surface area contributed by atoms with Crippen LogP contribution in [0.3, 0.4) is 0 Å². The van der Waals surface area contributed by atoms with Gasteiger partial charge in [-0.05, 0) is 37.8 Å². The molecule has 5 nitrogen and oxygen atoms in total. The Labute approximate surface area is 124 Å². The number of anilines is 3. The fourth-order valence-electron chi connectivity index (χ4n) is 3.36. The zero-order valence-electron chi connectivity index (χ0n) is 12.2. The van der Waals surface area contributed by atoms with Gasteiger partial charge in [-0.25, -0.2) is 0 Å². The average Bonchev–Trinajstić information content (AvgIpc) is 3.14. The molecule has 0 bridgehead atoms. The number of para-hydroxylation sites is 1. The van der Waals surface area contributed by atoms with Gasteiger partial charge in [0, 0.05) is 24.8 Å². The second-order valence-electron chi connectivity index (χ2n) is 5.86. The molecular weight excluding hydrogens is 262 g/mol. The van der Waals surface area contributed by atoms with Gasteiger partial charge in [-0.2, -0.15) is 10.1 Å². The van der Waals surface area contributed by atoms with E-state index in [-0.39, 0.29) is 0 Å². The van der Waals surface area contributed by atoms with Crippen LogP contribution >= 0.6 is 0 Å². The van der Waals surface area contributed by atoms with Gasteiger partial charge in [-0.15, -0.1) is 5.10 Å². The minimum Gasteiger partial charge on any atom is -0.355 e. The number of benzene rings is 1. The van der Waals surface area contributed by atoms with Gasteiger partial charge < -0.3 is 9.80 Å². The normalized spacial score (nSPS) is 20.9. The van der Waals surface area contributed by atoms with Gasteiger partial charge in [0.2, 0.25) is 0 Å². The number of fused-ring (bicyclic) bond motifs is 1. The summed E-state index contributed by atoms with van der Waals surface area (Å²) in [7, 11) is 0. The quantitative estimate of drug-likeness (QED) is 0.846. The first-order valence-electron chi connectivity index (χ1n) is 7.65. The SMILES string of the molecule is CC1Cc2ccccc2N1c1nncc(N2CCCC2)n1. The first-order chi connectivity index (χ1) is 10.3. The Morgan fingerprint density at radius 1 is 1.14 bits per heavy atom. The Bertz CT molecular complexity index is 651. The summed E-state index contributed by atoms with van der Waals surface area (Å²) in [5.74, 6) is 1.67. The number of rotatable bonds is 2. The van der Waals surface area contributed by atoms with E-state index in [0.717, 1.165) is 31.3 Å². The van der Waals surface area contributed by atoms with Gasteiger partial charge in [-0.3, -0.25) is 0 Å². The molecule has 2 aromatic rings. The maximum absolute atomic E-state index is 4.76. The van der Waals surface area contributed by atoms with Crippen LogP contribution in [-0.2, 0) is 6.42 Å². The predicted molar refractivity (Wildman–Crippen MR) is 83.0 cm³/mol. The molecule has 5 heteroatoms. The van der Waals surface area contributed by atoms with Crippen molar-refractivity contribution in [2.45, 2.75) is 32.2 Å². The molecule has 1 aromatic carbocycles. The Kier molecular flexibility index (Phi) is 2.98. The summed E-state index contributed by atoms with van der Waals surface area (Å²) in [5.41, 5.74) is 2.57. The Balaban J connectivity index is 1.71. The van der Waals surface area contributed by atoms with Crippen molar-refractivity contribution in [3.63, 3.8) is 0 Å². The Hall–Kier alpha value is -2.17. The van der Waals surface area contributed by atoms with E-state index in [1.165, 1.54) is 24.1 Å². The molecule has 0 N–H and O–H groups in total. The maximum Gasteiger partial charge on any atom is 0.252 e. The van der Waals surface area contributed by atoms with Gasteiger partial charge in [0.05, 0.1) is 6.20 Å². The molecule has 0 aliphatic carbocycles. The number of hydrogen-bond donors (Lipinski definition) is 0. The lowest BCUT2D eigenvalue weighted by Gasteiger charge is -2.23. The fourth-order valence-corrected chi connectivity index (χ4v) is 3.36. The van der Waals surface area contributed by atoms with Crippen molar-refractivity contribution < 1.29 is 0 Å². The van der Waals surface area contributed by atoms with Crippen molar-refractivity contribution in [1.29, 1.82) is 0 Å². The van der Waals surface area contributed by atoms with E-state index in [9.17, 15) is 0 Å². The van der Waals surface area contributed by atoms with Crippen molar-refractivity contribution in [1.82, 2.24) is 15.2 Å². The van der Waals surface area contributed by atoms with E-state index in [1.54, 1.807) is 6.20 Å². The number of hydrogen-bond acceptors (Lipinski definition) is 5. The summed E-state index contributed by atoms with van der Waals surface area (Å²) in [6.45, 7) is 4.36. The monoisotopic (exact) mass is 281 g/mol. The summed E-state index contributed by atoms with van der Waals surface area (Å²) in [4.78, 5) is 9.27. The van der Waals surface area contributed by atoms with Crippen LogP contribution in [-0.4, -0.2) is 34.3 Å². The molecular formula is C16H19N5. The molecule has 1 unspecified atom stereocenters. The van der Waals surface area contributed by atoms with Gasteiger partial charge in [0.15, 0.2) is 5.82 Å². The number of aromatic nitrogens is 3. The lowest BCUT2D eigenvalue weighted by atomic mass is 10.1. The maximum atomic E-state index is 4.76. The van der Waals surface area contributed by atoms with Crippen LogP contribution < -0.4 is 9.80 Å². The molecule has 2 aliphatic rings. The highest BCUT2D eigenvalue weighted by Gasteiger charge is 2.29. The molecule has 108 valence electrons. The molecule has 0 saturated carbocycles. The third-order valence-corrected chi connectivity index (χ3v) is 4.39. The summed E-state index contributed by atoms with van der Waals surface area (Å²) in [6, 6.07) is 8.86. The molecule has 1 aromatic heterocycles. The summed E-state index contributed by atoms with van der Waals surface area (Å²) >= 11 is 0. The standard InChI is InChI=1S/C16H19N5/c1-12-10-13-6-2-3-7-14(13)21(12)16-18-15(11-17-19-16)20-8-4-5-9-20/h2-3,6-7,11-12H,4-5,8-10H2,1H3. The topological polar surface area (TPSA) is 45.2 Å². The lowest BCUT2D eigenvalue weighted by molar-refractivity contribution is 0.726. The van der Waals surface area contributed by atoms with Crippen LogP contribution in [0.4, 0.5) is 17.5 Å². The smallest absolute Gasteiger partial charge is 0.252 e. The van der Waals surface area contributed by atoms with Gasteiger partial charge in [-0.1, -0.05) is 18.2 Å². The van der Waals surface area contributed by atoms with E-state index < -0.39 is 0 Å². The first-order valence-corrected chi connectivity index (χ1v) is 7.65. The number of nitrogens with zero attached hydrogens (tertiary/aromatic N) is 5. The van der Waals surface area contributed by atoms with Crippen molar-refractivity contribution in [2.75, 3.05) is 22.9 Å². The fraction of sp³-hybridized carbons (Fsp3) is 0.438. The first kappa shape index (κ1) is 12.6. The van der Waals surface area contributed by atoms with Crippen LogP contribution in [0, 0.1) is 0 Å². The molecule has 0 radical (unpaired) electrons. The third-order valence-electron chi connectivity index (χ3n) is 4.39. The third kappa shape index (κ3) is 2.13. The van der Waals surface area contributed by atoms with E-state index in [1.807, 2.05) is 0 Å². The summed E-state index contributed by atoms with van der Waals surface area (Å²) in [6.07, 6.45) is 5.29. The Morgan fingerprint density at radius 2 is 1.95 bits per heavy atom. The summed E-state index contributed by atoms with van der Waals surface area (Å²) in [5, 5.41) is 8.47. The molecule has 21 heavy (non-hydrogen) atoms. The molecule has 2 aliphatic heterocycles. The largest absolute Gasteiger partial charge is 0.355 e. The van der Waals surface area contributed by atoms with E-state index in [4.69, 9.17) is 4.98 Å². The molecule has 4 rings (SSSR count). The zero-order chi connectivity index (χ0) is 14.2. The van der Waals surface area contributed by atoms with Crippen molar-refractivity contribution in [3.05, 3.63) is 36.0 Å². The van der Waals surface area contributed by atoms with Crippen LogP contribution in [0.25, 0.3) is 0 Å². The highest BCUT2D eigenvalue weighted by atomic mass is 15.4. The van der Waals surface area contributed by atoms with E-state index in [2.05, 4.69) is 51.2 Å². The van der Waals surface area contributed by atoms with Gasteiger partial charge in [0.1, 0.15) is 0 Å². The van der Waals surface area contributed by atoms with Crippen molar-refractivity contribution in [2.24, 2.45) is 0 Å². The van der Waals surface area contributed by atoms with Gasteiger partial charge in [0.25, 0.3) is 5.95 Å². The lowest BCUT2D eigenvalue weighted by Crippen LogP contribution is -2.27. The predicted octanol–water partition coefficient (Wildman–Crippen LogP) is 2.55. The molecule has 0 spiro atoms. The van der Waals surface area contributed by atoms with Crippen LogP contribution in [0.1, 0.15) is 25.3 Å². The van der Waals surface area contributed by atoms with E-state index >= 15 is 0 Å². The molecule has 1 fully saturated rings. The minimum atomic E-state index is 0.373. The molecule has 1 saturated heterocycles. The minimum absolute atomic E-state index is 0.373. The van der Waals surface area contributed by atoms with Crippen LogP contribution in [0.2, 0.25) is 0 Å². The van der Waals surface area contributed by atoms with Gasteiger partial charge >= 0.3 is 0 Å². The second-order valence-corrected chi connectivity index (χ2v) is 5.86. The van der Waals surface area contributed by atoms with Crippen molar-refractivity contribution in [3.8, 4) is 0 Å². The van der Waals surface area contributed by atoms with Crippen molar-refractivity contribution >= 4 is 17.5 Å². The Morgan fingerprint density at radius 3 is 2.81 bits per heavy atom. The second kappa shape index (κ2) is 4.98.